The first-order chi connectivity index (χ1) is 13.9. The molecule has 2 aromatic rings. The van der Waals surface area contributed by atoms with Crippen LogP contribution in [0.4, 0.5) is 16.2 Å². The van der Waals surface area contributed by atoms with Gasteiger partial charge in [0.15, 0.2) is 0 Å². The second kappa shape index (κ2) is 8.17. The van der Waals surface area contributed by atoms with Gasteiger partial charge in [-0.15, -0.1) is 0 Å². The van der Waals surface area contributed by atoms with Gasteiger partial charge in [0.1, 0.15) is 17.9 Å². The maximum atomic E-state index is 12.8. The van der Waals surface area contributed by atoms with E-state index < -0.39 is 22.8 Å². The number of anilines is 1. The number of rotatable bonds is 6. The highest BCUT2D eigenvalue weighted by Gasteiger charge is 2.37. The summed E-state index contributed by atoms with van der Waals surface area (Å²) in [6.45, 7) is 3.89. The molecule has 0 saturated carbocycles. The smallest absolute Gasteiger partial charge is 0.335 e. The first-order valence-corrected chi connectivity index (χ1v) is 8.40. The number of benzene rings is 2. The number of hydrogen-bond acceptors (Lipinski definition) is 6. The van der Waals surface area contributed by atoms with Gasteiger partial charge in [-0.25, -0.2) is 9.69 Å². The lowest BCUT2D eigenvalue weighted by Gasteiger charge is -2.26. The minimum atomic E-state index is -0.981. The Hall–Kier alpha value is -4.27. The summed E-state index contributed by atoms with van der Waals surface area (Å²) in [5.74, 6) is -1.15. The van der Waals surface area contributed by atoms with Gasteiger partial charge in [-0.1, -0.05) is 30.9 Å². The van der Waals surface area contributed by atoms with E-state index in [4.69, 9.17) is 4.74 Å². The maximum Gasteiger partial charge on any atom is 0.335 e. The molecule has 9 heteroatoms. The van der Waals surface area contributed by atoms with Crippen molar-refractivity contribution in [2.45, 2.75) is 0 Å². The second-order valence-corrected chi connectivity index (χ2v) is 5.90. The van der Waals surface area contributed by atoms with Crippen molar-refractivity contribution in [2.75, 3.05) is 11.5 Å². The maximum absolute atomic E-state index is 12.8. The largest absolute Gasteiger partial charge is 0.490 e. The van der Waals surface area contributed by atoms with E-state index in [0.29, 0.717) is 22.8 Å². The topological polar surface area (TPSA) is 119 Å². The van der Waals surface area contributed by atoms with Gasteiger partial charge in [0.25, 0.3) is 17.5 Å². The summed E-state index contributed by atoms with van der Waals surface area (Å²) in [5, 5.41) is 13.0. The Balaban J connectivity index is 1.92. The molecule has 0 bridgehead atoms. The highest BCUT2D eigenvalue weighted by atomic mass is 16.6. The number of hydrogen-bond donors (Lipinski definition) is 1. The van der Waals surface area contributed by atoms with Gasteiger partial charge in [0, 0.05) is 12.1 Å². The molecule has 4 amide bonds. The third-order valence-corrected chi connectivity index (χ3v) is 3.96. The highest BCUT2D eigenvalue weighted by molar-refractivity contribution is 6.39. The fourth-order valence-electron chi connectivity index (χ4n) is 2.62. The van der Waals surface area contributed by atoms with E-state index in [-0.39, 0.29) is 16.9 Å². The minimum absolute atomic E-state index is 0.0201. The average Bonchev–Trinajstić information content (AvgIpc) is 2.70. The molecule has 0 atom stereocenters. The Labute approximate surface area is 165 Å². The van der Waals surface area contributed by atoms with Gasteiger partial charge in [0.2, 0.25) is 0 Å². The SMILES string of the molecule is C=CCOc1ccc(/C=C2\C(=O)NC(=O)N(c3cccc([N+](=O)[O-])c3)C2=O)cc1. The number of nitro groups is 1. The Kier molecular flexibility index (Phi) is 5.49. The number of nitrogens with one attached hydrogen (secondary N) is 1. The van der Waals surface area contributed by atoms with Crippen molar-refractivity contribution in [3.63, 3.8) is 0 Å². The van der Waals surface area contributed by atoms with Crippen LogP contribution >= 0.6 is 0 Å². The summed E-state index contributed by atoms with van der Waals surface area (Å²) in [6, 6.07) is 10.6. The number of amides is 4. The van der Waals surface area contributed by atoms with Crippen molar-refractivity contribution in [2.24, 2.45) is 0 Å². The minimum Gasteiger partial charge on any atom is -0.490 e. The third kappa shape index (κ3) is 4.19. The zero-order chi connectivity index (χ0) is 21.0. The molecular weight excluding hydrogens is 378 g/mol. The van der Waals surface area contributed by atoms with Gasteiger partial charge < -0.3 is 4.74 Å². The molecule has 1 aliphatic heterocycles. The first kappa shape index (κ1) is 19.5. The lowest BCUT2D eigenvalue weighted by atomic mass is 10.1. The summed E-state index contributed by atoms with van der Waals surface area (Å²) in [5.41, 5.74) is -0.0624. The van der Waals surface area contributed by atoms with Crippen LogP contribution in [0.3, 0.4) is 0 Å². The Morgan fingerprint density at radius 2 is 1.86 bits per heavy atom. The van der Waals surface area contributed by atoms with Crippen molar-refractivity contribution in [3.05, 3.63) is 82.4 Å². The lowest BCUT2D eigenvalue weighted by molar-refractivity contribution is -0.384. The molecule has 1 saturated heterocycles. The average molecular weight is 393 g/mol. The van der Waals surface area contributed by atoms with Crippen LogP contribution in [-0.4, -0.2) is 29.4 Å². The van der Waals surface area contributed by atoms with Crippen LogP contribution in [0.25, 0.3) is 6.08 Å². The van der Waals surface area contributed by atoms with Gasteiger partial charge in [-0.2, -0.15) is 0 Å². The van der Waals surface area contributed by atoms with E-state index in [0.717, 1.165) is 6.07 Å². The number of barbiturate groups is 1. The summed E-state index contributed by atoms with van der Waals surface area (Å²) >= 11 is 0. The Morgan fingerprint density at radius 3 is 2.52 bits per heavy atom. The fourth-order valence-corrected chi connectivity index (χ4v) is 2.62. The monoisotopic (exact) mass is 393 g/mol. The summed E-state index contributed by atoms with van der Waals surface area (Å²) in [6.07, 6.45) is 2.92. The molecule has 29 heavy (non-hydrogen) atoms. The molecule has 146 valence electrons. The molecule has 2 aromatic carbocycles. The number of urea groups is 1. The number of imide groups is 2. The molecule has 1 aliphatic rings. The number of nitrogens with zero attached hydrogens (tertiary/aromatic N) is 2. The number of carbonyl (C=O) groups is 3. The molecule has 0 unspecified atom stereocenters. The summed E-state index contributed by atoms with van der Waals surface area (Å²) in [7, 11) is 0. The van der Waals surface area contributed by atoms with Gasteiger partial charge in [0.05, 0.1) is 10.6 Å². The van der Waals surface area contributed by atoms with E-state index in [1.54, 1.807) is 30.3 Å². The normalized spacial score (nSPS) is 15.2. The predicted octanol–water partition coefficient (Wildman–Crippen LogP) is 2.83. The van der Waals surface area contributed by atoms with E-state index in [1.807, 2.05) is 0 Å². The molecule has 1 heterocycles. The van der Waals surface area contributed by atoms with E-state index in [2.05, 4.69) is 11.9 Å². The molecule has 1 N–H and O–H groups in total. The second-order valence-electron chi connectivity index (χ2n) is 5.90. The van der Waals surface area contributed by atoms with Crippen molar-refractivity contribution >= 4 is 35.3 Å². The van der Waals surface area contributed by atoms with Crippen LogP contribution in [0.5, 0.6) is 5.75 Å². The van der Waals surface area contributed by atoms with Crippen LogP contribution in [0.1, 0.15) is 5.56 Å². The summed E-state index contributed by atoms with van der Waals surface area (Å²) in [4.78, 5) is 48.2. The van der Waals surface area contributed by atoms with Crippen LogP contribution in [0, 0.1) is 10.1 Å². The van der Waals surface area contributed by atoms with Crippen molar-refractivity contribution in [3.8, 4) is 5.75 Å². The van der Waals surface area contributed by atoms with E-state index in [9.17, 15) is 24.5 Å². The third-order valence-electron chi connectivity index (χ3n) is 3.96. The van der Waals surface area contributed by atoms with Crippen LogP contribution in [0.15, 0.2) is 66.8 Å². The zero-order valence-corrected chi connectivity index (χ0v) is 15.0. The Morgan fingerprint density at radius 1 is 1.14 bits per heavy atom. The Bertz CT molecular complexity index is 1040. The van der Waals surface area contributed by atoms with Crippen molar-refractivity contribution in [1.82, 2.24) is 5.32 Å². The standard InChI is InChI=1S/C20H15N3O6/c1-2-10-29-16-8-6-13(7-9-16)11-17-18(24)21-20(26)22(19(17)25)14-4-3-5-15(12-14)23(27)28/h2-9,11-12H,1,10H2,(H,21,24,26)/b17-11+. The number of carbonyl (C=O) groups excluding carboxylic acids is 3. The van der Waals surface area contributed by atoms with Crippen molar-refractivity contribution < 1.29 is 24.0 Å². The van der Waals surface area contributed by atoms with Crippen LogP contribution in [0.2, 0.25) is 0 Å². The van der Waals surface area contributed by atoms with Gasteiger partial charge >= 0.3 is 6.03 Å². The zero-order valence-electron chi connectivity index (χ0n) is 15.0. The molecule has 3 rings (SSSR count). The van der Waals surface area contributed by atoms with Gasteiger partial charge in [-0.05, 0) is 29.8 Å². The highest BCUT2D eigenvalue weighted by Crippen LogP contribution is 2.25. The predicted molar refractivity (Wildman–Crippen MR) is 104 cm³/mol. The number of non-ortho nitro benzene ring substituents is 1. The number of nitro benzene ring substituents is 1. The van der Waals surface area contributed by atoms with E-state index in [1.165, 1.54) is 24.3 Å². The molecule has 0 aliphatic carbocycles. The van der Waals surface area contributed by atoms with Crippen LogP contribution in [-0.2, 0) is 9.59 Å². The van der Waals surface area contributed by atoms with E-state index >= 15 is 0 Å². The molecule has 0 radical (unpaired) electrons. The quantitative estimate of drug-likeness (QED) is 0.265. The molecule has 0 spiro atoms. The first-order valence-electron chi connectivity index (χ1n) is 8.40. The molecule has 9 nitrogen and oxygen atoms in total. The lowest BCUT2D eigenvalue weighted by Crippen LogP contribution is -2.54. The number of ether oxygens (including phenoxy) is 1. The molecule has 1 fully saturated rings. The van der Waals surface area contributed by atoms with Crippen molar-refractivity contribution in [1.29, 1.82) is 0 Å². The van der Waals surface area contributed by atoms with Gasteiger partial charge in [-0.3, -0.25) is 25.0 Å². The fraction of sp³-hybridized carbons (Fsp3) is 0.0500. The van der Waals surface area contributed by atoms with Crippen LogP contribution < -0.4 is 15.0 Å². The molecular formula is C20H15N3O6. The molecule has 0 aromatic heterocycles. The summed E-state index contributed by atoms with van der Waals surface area (Å²) < 4.78 is 5.37.